The van der Waals surface area contributed by atoms with Crippen molar-refractivity contribution in [3.8, 4) is 0 Å². The van der Waals surface area contributed by atoms with Crippen LogP contribution in [-0.4, -0.2) is 89.5 Å². The Kier molecular flexibility index (Phi) is 5.30. The molecule has 1 amide bonds. The van der Waals surface area contributed by atoms with Gasteiger partial charge in [-0.3, -0.25) is 4.79 Å². The van der Waals surface area contributed by atoms with Crippen molar-refractivity contribution in [3.05, 3.63) is 66.6 Å². The average molecular weight is 456 g/mol. The Morgan fingerprint density at radius 3 is 2.26 bits per heavy atom. The topological polar surface area (TPSA) is 60.2 Å². The van der Waals surface area contributed by atoms with Gasteiger partial charge >= 0.3 is 0 Å². The van der Waals surface area contributed by atoms with Crippen LogP contribution in [0.2, 0.25) is 0 Å². The number of carbonyl (C=O) groups excluding carboxylic acids is 1. The fraction of sp³-hybridized carbons (Fsp3) is 0.346. The highest BCUT2D eigenvalue weighted by molar-refractivity contribution is 6.16. The number of hydrogen-bond acceptors (Lipinski definition) is 6. The molecule has 3 aromatic heterocycles. The molecule has 8 heteroatoms. The lowest BCUT2D eigenvalue weighted by molar-refractivity contribution is 0.0750. The van der Waals surface area contributed by atoms with Crippen LogP contribution in [0.3, 0.4) is 0 Å². The summed E-state index contributed by atoms with van der Waals surface area (Å²) in [6.07, 6.45) is 3.62. The van der Waals surface area contributed by atoms with E-state index in [1.165, 1.54) is 5.69 Å². The average Bonchev–Trinajstić information content (AvgIpc) is 3.24. The number of fused-ring (bicyclic) bond motifs is 3. The van der Waals surface area contributed by atoms with E-state index in [9.17, 15) is 4.79 Å². The fourth-order valence-electron chi connectivity index (χ4n) is 5.17. The van der Waals surface area contributed by atoms with Crippen LogP contribution in [0.4, 0.5) is 11.5 Å². The quantitative estimate of drug-likeness (QED) is 0.473. The molecule has 0 N–H and O–H groups in total. The molecule has 174 valence electrons. The zero-order valence-corrected chi connectivity index (χ0v) is 19.5. The molecule has 0 bridgehead atoms. The van der Waals surface area contributed by atoms with E-state index in [0.29, 0.717) is 13.1 Å². The molecule has 4 aromatic rings. The van der Waals surface area contributed by atoms with E-state index in [0.717, 1.165) is 67.2 Å². The van der Waals surface area contributed by atoms with Gasteiger partial charge in [0.25, 0.3) is 5.91 Å². The third kappa shape index (κ3) is 3.54. The highest BCUT2D eigenvalue weighted by Crippen LogP contribution is 2.33. The van der Waals surface area contributed by atoms with Gasteiger partial charge in [-0.1, -0.05) is 24.3 Å². The second kappa shape index (κ2) is 8.61. The summed E-state index contributed by atoms with van der Waals surface area (Å²) in [5.41, 5.74) is 3.62. The molecule has 0 unspecified atom stereocenters. The summed E-state index contributed by atoms with van der Waals surface area (Å²) in [5, 5.41) is 0.869. The maximum Gasteiger partial charge on any atom is 0.257 e. The van der Waals surface area contributed by atoms with Crippen molar-refractivity contribution in [2.75, 3.05) is 69.2 Å². The molecule has 0 saturated carbocycles. The molecule has 0 atom stereocenters. The van der Waals surface area contributed by atoms with Gasteiger partial charge in [0.1, 0.15) is 12.1 Å². The van der Waals surface area contributed by atoms with Crippen LogP contribution in [0.1, 0.15) is 10.4 Å². The first-order valence-corrected chi connectivity index (χ1v) is 12.0. The van der Waals surface area contributed by atoms with Gasteiger partial charge in [-0.25, -0.2) is 9.97 Å². The fourth-order valence-corrected chi connectivity index (χ4v) is 5.17. The van der Waals surface area contributed by atoms with Gasteiger partial charge in [-0.2, -0.15) is 0 Å². The first-order valence-electron chi connectivity index (χ1n) is 12.0. The van der Waals surface area contributed by atoms with Crippen LogP contribution in [0, 0.1) is 0 Å². The van der Waals surface area contributed by atoms with Gasteiger partial charge in [0, 0.05) is 64.2 Å². The number of amides is 1. The highest BCUT2D eigenvalue weighted by atomic mass is 16.2. The SMILES string of the molecule is CN1CCN(c2ncnc3c2c(C(=O)N2CCN(c4ccccc4)CC2)c2ccccn23)CC1. The third-order valence-electron chi connectivity index (χ3n) is 7.11. The number of aromatic nitrogens is 3. The van der Waals surface area contributed by atoms with Crippen molar-refractivity contribution in [2.24, 2.45) is 0 Å². The molecule has 34 heavy (non-hydrogen) atoms. The molecule has 6 rings (SSSR count). The van der Waals surface area contributed by atoms with Crippen molar-refractivity contribution in [2.45, 2.75) is 0 Å². The van der Waals surface area contributed by atoms with Crippen molar-refractivity contribution in [1.82, 2.24) is 24.2 Å². The third-order valence-corrected chi connectivity index (χ3v) is 7.11. The molecule has 5 heterocycles. The first-order chi connectivity index (χ1) is 16.7. The zero-order chi connectivity index (χ0) is 23.1. The minimum atomic E-state index is 0.0663. The van der Waals surface area contributed by atoms with Gasteiger partial charge in [0.15, 0.2) is 5.65 Å². The number of hydrogen-bond donors (Lipinski definition) is 0. The molecule has 2 fully saturated rings. The van der Waals surface area contributed by atoms with E-state index >= 15 is 0 Å². The minimum Gasteiger partial charge on any atom is -0.368 e. The molecular formula is C26H29N7O. The Bertz CT molecular complexity index is 1320. The van der Waals surface area contributed by atoms with Crippen LogP contribution in [0.5, 0.6) is 0 Å². The Hall–Kier alpha value is -3.65. The lowest BCUT2D eigenvalue weighted by atomic mass is 10.1. The molecular weight excluding hydrogens is 426 g/mol. The number of carbonyl (C=O) groups is 1. The lowest BCUT2D eigenvalue weighted by Gasteiger charge is -2.36. The Labute approximate surface area is 199 Å². The standard InChI is InChI=1S/C26H29N7O/c1-29-11-13-31(14-12-29)24-23-22(21-9-5-6-10-33(21)25(23)28-19-27-24)26(34)32-17-15-30(16-18-32)20-7-3-2-4-8-20/h2-10,19H,11-18H2,1H3. The second-order valence-corrected chi connectivity index (χ2v) is 9.13. The number of benzene rings is 1. The van der Waals surface area contributed by atoms with Gasteiger partial charge in [-0.05, 0) is 31.3 Å². The van der Waals surface area contributed by atoms with Crippen molar-refractivity contribution >= 4 is 34.0 Å². The highest BCUT2D eigenvalue weighted by Gasteiger charge is 2.30. The van der Waals surface area contributed by atoms with Crippen molar-refractivity contribution in [1.29, 1.82) is 0 Å². The number of anilines is 2. The molecule has 1 aromatic carbocycles. The molecule has 2 saturated heterocycles. The van der Waals surface area contributed by atoms with Gasteiger partial charge in [0.2, 0.25) is 0 Å². The largest absolute Gasteiger partial charge is 0.368 e. The molecule has 2 aliphatic heterocycles. The summed E-state index contributed by atoms with van der Waals surface area (Å²) < 4.78 is 2.03. The summed E-state index contributed by atoms with van der Waals surface area (Å²) >= 11 is 0. The molecule has 2 aliphatic rings. The second-order valence-electron chi connectivity index (χ2n) is 9.13. The maximum atomic E-state index is 14.0. The molecule has 0 radical (unpaired) electrons. The minimum absolute atomic E-state index is 0.0663. The number of para-hydroxylation sites is 1. The zero-order valence-electron chi connectivity index (χ0n) is 19.5. The predicted molar refractivity (Wildman–Crippen MR) is 135 cm³/mol. The van der Waals surface area contributed by atoms with Gasteiger partial charge in [0.05, 0.1) is 16.5 Å². The smallest absolute Gasteiger partial charge is 0.257 e. The number of nitrogens with zero attached hydrogens (tertiary/aromatic N) is 7. The number of piperazine rings is 2. The summed E-state index contributed by atoms with van der Waals surface area (Å²) in [5.74, 6) is 0.935. The molecule has 0 spiro atoms. The number of pyridine rings is 1. The maximum absolute atomic E-state index is 14.0. The van der Waals surface area contributed by atoms with E-state index in [-0.39, 0.29) is 5.91 Å². The van der Waals surface area contributed by atoms with Crippen molar-refractivity contribution in [3.63, 3.8) is 0 Å². The summed E-state index contributed by atoms with van der Waals surface area (Å²) in [4.78, 5) is 32.3. The van der Waals surface area contributed by atoms with Crippen LogP contribution >= 0.6 is 0 Å². The Balaban J connectivity index is 1.38. The molecule has 0 aliphatic carbocycles. The summed E-state index contributed by atoms with van der Waals surface area (Å²) in [6, 6.07) is 16.4. The van der Waals surface area contributed by atoms with Crippen LogP contribution in [0.15, 0.2) is 61.1 Å². The van der Waals surface area contributed by atoms with E-state index in [4.69, 9.17) is 4.98 Å². The normalized spacial score (nSPS) is 17.6. The summed E-state index contributed by atoms with van der Waals surface area (Å²) in [6.45, 7) is 6.75. The number of rotatable bonds is 3. The van der Waals surface area contributed by atoms with Gasteiger partial charge in [-0.15, -0.1) is 0 Å². The van der Waals surface area contributed by atoms with Crippen LogP contribution in [0.25, 0.3) is 16.6 Å². The molecule has 8 nitrogen and oxygen atoms in total. The van der Waals surface area contributed by atoms with Crippen LogP contribution < -0.4 is 9.80 Å². The van der Waals surface area contributed by atoms with E-state index in [1.54, 1.807) is 6.33 Å². The lowest BCUT2D eigenvalue weighted by Crippen LogP contribution is -2.49. The Morgan fingerprint density at radius 2 is 1.50 bits per heavy atom. The van der Waals surface area contributed by atoms with E-state index < -0.39 is 0 Å². The number of likely N-dealkylation sites (N-methyl/N-ethyl adjacent to an activating group) is 1. The Morgan fingerprint density at radius 1 is 0.794 bits per heavy atom. The summed E-state index contributed by atoms with van der Waals surface area (Å²) in [7, 11) is 2.14. The van der Waals surface area contributed by atoms with E-state index in [1.807, 2.05) is 39.8 Å². The monoisotopic (exact) mass is 455 g/mol. The predicted octanol–water partition coefficient (Wildman–Crippen LogP) is 2.60. The van der Waals surface area contributed by atoms with E-state index in [2.05, 4.69) is 51.0 Å². The van der Waals surface area contributed by atoms with Crippen LogP contribution in [-0.2, 0) is 0 Å². The van der Waals surface area contributed by atoms with Gasteiger partial charge < -0.3 is 24.0 Å². The van der Waals surface area contributed by atoms with Crippen molar-refractivity contribution < 1.29 is 4.79 Å². The first kappa shape index (κ1) is 20.9.